The van der Waals surface area contributed by atoms with Crippen molar-refractivity contribution in [2.45, 2.75) is 51.5 Å². The summed E-state index contributed by atoms with van der Waals surface area (Å²) in [6, 6.07) is 0.148. The topological polar surface area (TPSA) is 46.2 Å². The van der Waals surface area contributed by atoms with Gasteiger partial charge in [-0.2, -0.15) is 0 Å². The zero-order valence-corrected chi connectivity index (χ0v) is 11.5. The molecule has 1 fully saturated rings. The van der Waals surface area contributed by atoms with E-state index >= 15 is 0 Å². The molecule has 1 N–H and O–H groups in total. The van der Waals surface area contributed by atoms with Crippen molar-refractivity contribution < 1.29 is 8.42 Å². The molecule has 0 amide bonds. The fourth-order valence-corrected chi connectivity index (χ4v) is 4.06. The molecule has 5 heteroatoms. The lowest BCUT2D eigenvalue weighted by Crippen LogP contribution is -2.37. The van der Waals surface area contributed by atoms with Crippen molar-refractivity contribution in [2.75, 3.05) is 11.6 Å². The SMILES string of the molecule is CC(CCl)CS(=O)(=O)NC1CCCCCC1. The maximum absolute atomic E-state index is 11.8. The molecule has 0 aliphatic heterocycles. The molecule has 16 heavy (non-hydrogen) atoms. The van der Waals surface area contributed by atoms with E-state index in [9.17, 15) is 8.42 Å². The van der Waals surface area contributed by atoms with E-state index in [-0.39, 0.29) is 17.7 Å². The first kappa shape index (κ1) is 14.3. The first-order valence-electron chi connectivity index (χ1n) is 6.09. The van der Waals surface area contributed by atoms with Crippen LogP contribution in [-0.2, 0) is 10.0 Å². The summed E-state index contributed by atoms with van der Waals surface area (Å²) in [7, 11) is -3.14. The molecule has 0 heterocycles. The van der Waals surface area contributed by atoms with E-state index in [0.29, 0.717) is 5.88 Å². The molecule has 1 aliphatic carbocycles. The summed E-state index contributed by atoms with van der Waals surface area (Å²) < 4.78 is 26.4. The second-order valence-electron chi connectivity index (χ2n) is 4.85. The lowest BCUT2D eigenvalue weighted by molar-refractivity contribution is 0.505. The number of nitrogens with one attached hydrogen (secondary N) is 1. The minimum atomic E-state index is -3.14. The number of sulfonamides is 1. The average Bonchev–Trinajstić information content (AvgIpc) is 2.44. The minimum Gasteiger partial charge on any atom is -0.212 e. The van der Waals surface area contributed by atoms with Crippen molar-refractivity contribution in [1.82, 2.24) is 4.72 Å². The maximum atomic E-state index is 11.8. The van der Waals surface area contributed by atoms with Crippen molar-refractivity contribution in [3.05, 3.63) is 0 Å². The van der Waals surface area contributed by atoms with Crippen LogP contribution >= 0.6 is 11.6 Å². The smallest absolute Gasteiger partial charge is 0.212 e. The van der Waals surface area contributed by atoms with Gasteiger partial charge < -0.3 is 0 Å². The molecule has 0 bridgehead atoms. The van der Waals surface area contributed by atoms with E-state index in [1.807, 2.05) is 6.92 Å². The fraction of sp³-hybridized carbons (Fsp3) is 1.00. The number of halogens is 1. The Morgan fingerprint density at radius 2 is 1.81 bits per heavy atom. The van der Waals surface area contributed by atoms with Gasteiger partial charge in [0.1, 0.15) is 0 Å². The van der Waals surface area contributed by atoms with Crippen molar-refractivity contribution in [3.8, 4) is 0 Å². The first-order valence-corrected chi connectivity index (χ1v) is 8.28. The van der Waals surface area contributed by atoms with Crippen molar-refractivity contribution >= 4 is 21.6 Å². The molecule has 0 saturated heterocycles. The van der Waals surface area contributed by atoms with Crippen LogP contribution in [0.2, 0.25) is 0 Å². The predicted octanol–water partition coefficient (Wildman–Crippen LogP) is 2.50. The Kier molecular flexibility index (Phi) is 6.08. The summed E-state index contributed by atoms with van der Waals surface area (Å²) in [5.41, 5.74) is 0. The minimum absolute atomic E-state index is 0.0185. The van der Waals surface area contributed by atoms with Crippen molar-refractivity contribution in [1.29, 1.82) is 0 Å². The van der Waals surface area contributed by atoms with Gasteiger partial charge in [-0.1, -0.05) is 32.6 Å². The normalized spacial score (nSPS) is 21.6. The van der Waals surface area contributed by atoms with E-state index in [1.165, 1.54) is 12.8 Å². The Morgan fingerprint density at radius 3 is 2.31 bits per heavy atom. The van der Waals surface area contributed by atoms with E-state index in [0.717, 1.165) is 25.7 Å². The Hall–Kier alpha value is 0.200. The standard InChI is InChI=1S/C11H22ClNO2S/c1-10(8-12)9-16(14,15)13-11-6-4-2-3-5-7-11/h10-11,13H,2-9H2,1H3. The maximum Gasteiger partial charge on any atom is 0.212 e. The zero-order valence-electron chi connectivity index (χ0n) is 9.91. The van der Waals surface area contributed by atoms with Gasteiger partial charge in [0, 0.05) is 11.9 Å². The largest absolute Gasteiger partial charge is 0.212 e. The van der Waals surface area contributed by atoms with E-state index in [1.54, 1.807) is 0 Å². The van der Waals surface area contributed by atoms with Gasteiger partial charge >= 0.3 is 0 Å². The van der Waals surface area contributed by atoms with Gasteiger partial charge in [-0.25, -0.2) is 13.1 Å². The van der Waals surface area contributed by atoms with Gasteiger partial charge in [0.25, 0.3) is 0 Å². The summed E-state index contributed by atoms with van der Waals surface area (Å²) in [6.07, 6.45) is 6.70. The van der Waals surface area contributed by atoms with Crippen LogP contribution < -0.4 is 4.72 Å². The Morgan fingerprint density at radius 1 is 1.25 bits per heavy atom. The van der Waals surface area contributed by atoms with Crippen LogP contribution in [0.4, 0.5) is 0 Å². The third-order valence-corrected chi connectivity index (χ3v) is 5.20. The summed E-state index contributed by atoms with van der Waals surface area (Å²) in [4.78, 5) is 0. The quantitative estimate of drug-likeness (QED) is 0.615. The van der Waals surface area contributed by atoms with Crippen LogP contribution in [0.3, 0.4) is 0 Å². The summed E-state index contributed by atoms with van der Waals surface area (Å²) >= 11 is 5.63. The summed E-state index contributed by atoms with van der Waals surface area (Å²) in [6.45, 7) is 1.86. The van der Waals surface area contributed by atoms with E-state index in [2.05, 4.69) is 4.72 Å². The Labute approximate surface area is 104 Å². The molecule has 0 spiro atoms. The van der Waals surface area contributed by atoms with Crippen LogP contribution in [0.15, 0.2) is 0 Å². The summed E-state index contributed by atoms with van der Waals surface area (Å²) in [5, 5.41) is 0. The van der Waals surface area contributed by atoms with Crippen LogP contribution in [0.1, 0.15) is 45.4 Å². The average molecular weight is 268 g/mol. The van der Waals surface area contributed by atoms with Crippen LogP contribution in [0, 0.1) is 5.92 Å². The van der Waals surface area contributed by atoms with Gasteiger partial charge in [0.15, 0.2) is 0 Å². The zero-order chi connectivity index (χ0) is 12.0. The predicted molar refractivity (Wildman–Crippen MR) is 68.3 cm³/mol. The van der Waals surface area contributed by atoms with Gasteiger partial charge in [-0.05, 0) is 18.8 Å². The highest BCUT2D eigenvalue weighted by molar-refractivity contribution is 7.89. The molecular formula is C11H22ClNO2S. The van der Waals surface area contributed by atoms with E-state index in [4.69, 9.17) is 11.6 Å². The fourth-order valence-electron chi connectivity index (χ4n) is 2.12. The van der Waals surface area contributed by atoms with Crippen LogP contribution in [0.25, 0.3) is 0 Å². The van der Waals surface area contributed by atoms with E-state index < -0.39 is 10.0 Å². The molecule has 0 aromatic rings. The number of hydrogen-bond acceptors (Lipinski definition) is 2. The highest BCUT2D eigenvalue weighted by atomic mass is 35.5. The second-order valence-corrected chi connectivity index (χ2v) is 6.95. The first-order chi connectivity index (χ1) is 7.53. The lowest BCUT2D eigenvalue weighted by Gasteiger charge is -2.17. The van der Waals surface area contributed by atoms with Crippen LogP contribution in [-0.4, -0.2) is 26.1 Å². The third kappa shape index (κ3) is 5.51. The number of rotatable bonds is 5. The molecule has 0 radical (unpaired) electrons. The molecule has 3 nitrogen and oxygen atoms in total. The second kappa shape index (κ2) is 6.82. The van der Waals surface area contributed by atoms with Crippen LogP contribution in [0.5, 0.6) is 0 Å². The molecule has 1 atom stereocenters. The highest BCUT2D eigenvalue weighted by Gasteiger charge is 2.20. The lowest BCUT2D eigenvalue weighted by atomic mass is 10.1. The molecular weight excluding hydrogens is 246 g/mol. The Balaban J connectivity index is 2.44. The van der Waals surface area contributed by atoms with Gasteiger partial charge in [0.2, 0.25) is 10.0 Å². The molecule has 1 rings (SSSR count). The third-order valence-electron chi connectivity index (χ3n) is 2.97. The molecule has 1 aliphatic rings. The van der Waals surface area contributed by atoms with Crippen molar-refractivity contribution in [3.63, 3.8) is 0 Å². The van der Waals surface area contributed by atoms with Gasteiger partial charge in [-0.15, -0.1) is 11.6 Å². The summed E-state index contributed by atoms with van der Waals surface area (Å²) in [5.74, 6) is 0.559. The molecule has 1 unspecified atom stereocenters. The van der Waals surface area contributed by atoms with Crippen molar-refractivity contribution in [2.24, 2.45) is 5.92 Å². The molecule has 0 aromatic carbocycles. The van der Waals surface area contributed by atoms with Gasteiger partial charge in [0.05, 0.1) is 5.75 Å². The molecule has 0 aromatic heterocycles. The molecule has 96 valence electrons. The number of hydrogen-bond donors (Lipinski definition) is 1. The van der Waals surface area contributed by atoms with Gasteiger partial charge in [-0.3, -0.25) is 0 Å². The monoisotopic (exact) mass is 267 g/mol. The number of alkyl halides is 1. The highest BCUT2D eigenvalue weighted by Crippen LogP contribution is 2.18. The Bertz CT molecular complexity index is 284. The molecule has 1 saturated carbocycles.